The number of amides is 1. The number of benzene rings is 1. The molecule has 0 heterocycles. The quantitative estimate of drug-likeness (QED) is 0.618. The van der Waals surface area contributed by atoms with Gasteiger partial charge in [0.05, 0.1) is 0 Å². The van der Waals surface area contributed by atoms with Gasteiger partial charge in [-0.2, -0.15) is 0 Å². The van der Waals surface area contributed by atoms with Crippen LogP contribution >= 0.6 is 0 Å². The molecule has 0 radical (unpaired) electrons. The molecule has 1 amide bonds. The van der Waals surface area contributed by atoms with E-state index in [2.05, 4.69) is 12.2 Å². The molecule has 3 nitrogen and oxygen atoms in total. The molecule has 0 saturated heterocycles. The Kier molecular flexibility index (Phi) is 4.03. The molecule has 1 aromatic rings. The molecule has 1 aromatic carbocycles. The van der Waals surface area contributed by atoms with E-state index in [4.69, 9.17) is 5.73 Å². The molecule has 1 aliphatic carbocycles. The summed E-state index contributed by atoms with van der Waals surface area (Å²) in [7, 11) is 0. The van der Waals surface area contributed by atoms with Crippen LogP contribution in [-0.4, -0.2) is 11.9 Å². The number of nitrogens with two attached hydrogens (primary N) is 1. The van der Waals surface area contributed by atoms with Crippen LogP contribution in [-0.2, 0) is 4.79 Å². The van der Waals surface area contributed by atoms with Gasteiger partial charge in [-0.25, -0.2) is 0 Å². The summed E-state index contributed by atoms with van der Waals surface area (Å²) in [5, 5.41) is 2.98. The number of anilines is 1. The fraction of sp³-hybridized carbons (Fsp3) is 0.400. The van der Waals surface area contributed by atoms with Gasteiger partial charge in [0.1, 0.15) is 0 Å². The lowest BCUT2D eigenvalue weighted by atomic mass is 10.1. The SMILES string of the molecule is CC(CC1CC1)NC(=O)/C=C/c1ccc(N)cc1. The molecular weight excluding hydrogens is 224 g/mol. The monoisotopic (exact) mass is 244 g/mol. The van der Waals surface area contributed by atoms with Gasteiger partial charge < -0.3 is 11.1 Å². The second kappa shape index (κ2) is 5.71. The molecule has 0 aliphatic heterocycles. The van der Waals surface area contributed by atoms with E-state index in [0.29, 0.717) is 0 Å². The number of nitrogen functional groups attached to an aromatic ring is 1. The van der Waals surface area contributed by atoms with Gasteiger partial charge in [-0.15, -0.1) is 0 Å². The largest absolute Gasteiger partial charge is 0.399 e. The molecule has 0 spiro atoms. The smallest absolute Gasteiger partial charge is 0.244 e. The Labute approximate surface area is 108 Å². The predicted molar refractivity (Wildman–Crippen MR) is 74.8 cm³/mol. The molecule has 18 heavy (non-hydrogen) atoms. The average molecular weight is 244 g/mol. The van der Waals surface area contributed by atoms with Crippen LogP contribution in [0.25, 0.3) is 6.08 Å². The first-order valence-corrected chi connectivity index (χ1v) is 6.47. The lowest BCUT2D eigenvalue weighted by Crippen LogP contribution is -2.31. The number of nitrogens with one attached hydrogen (secondary N) is 1. The lowest BCUT2D eigenvalue weighted by Gasteiger charge is -2.11. The summed E-state index contributed by atoms with van der Waals surface area (Å²) in [5.41, 5.74) is 7.31. The second-order valence-corrected chi connectivity index (χ2v) is 5.09. The average Bonchev–Trinajstić information content (AvgIpc) is 3.12. The summed E-state index contributed by atoms with van der Waals surface area (Å²) >= 11 is 0. The molecule has 1 unspecified atom stereocenters. The van der Waals surface area contributed by atoms with Crippen LogP contribution in [0, 0.1) is 5.92 Å². The first-order chi connectivity index (χ1) is 8.63. The van der Waals surface area contributed by atoms with Crippen LogP contribution in [0.15, 0.2) is 30.3 Å². The highest BCUT2D eigenvalue weighted by Crippen LogP contribution is 2.33. The van der Waals surface area contributed by atoms with Crippen molar-refractivity contribution < 1.29 is 4.79 Å². The van der Waals surface area contributed by atoms with E-state index in [0.717, 1.165) is 23.6 Å². The van der Waals surface area contributed by atoms with Crippen molar-refractivity contribution >= 4 is 17.7 Å². The Bertz CT molecular complexity index is 432. The van der Waals surface area contributed by atoms with Crippen molar-refractivity contribution in [3.8, 4) is 0 Å². The Morgan fingerprint density at radius 1 is 1.44 bits per heavy atom. The maximum atomic E-state index is 11.7. The minimum absolute atomic E-state index is 0.0278. The Morgan fingerprint density at radius 2 is 2.11 bits per heavy atom. The summed E-state index contributed by atoms with van der Waals surface area (Å²) in [6, 6.07) is 7.71. The molecule has 1 atom stereocenters. The van der Waals surface area contributed by atoms with Crippen LogP contribution in [0.4, 0.5) is 5.69 Å². The van der Waals surface area contributed by atoms with E-state index in [1.54, 1.807) is 12.2 Å². The van der Waals surface area contributed by atoms with Gasteiger partial charge in [0.2, 0.25) is 5.91 Å². The van der Waals surface area contributed by atoms with Crippen LogP contribution in [0.3, 0.4) is 0 Å². The minimum Gasteiger partial charge on any atom is -0.399 e. The standard InChI is InChI=1S/C15H20N2O/c1-11(10-13-2-3-13)17-15(18)9-6-12-4-7-14(16)8-5-12/h4-9,11,13H,2-3,10,16H2,1H3,(H,17,18)/b9-6+. The molecule has 1 fully saturated rings. The number of carbonyl (C=O) groups excluding carboxylic acids is 1. The van der Waals surface area contributed by atoms with Gasteiger partial charge in [0.25, 0.3) is 0 Å². The Hall–Kier alpha value is -1.77. The molecular formula is C15H20N2O. The normalized spacial score (nSPS) is 16.7. The van der Waals surface area contributed by atoms with Gasteiger partial charge in [-0.1, -0.05) is 25.0 Å². The van der Waals surface area contributed by atoms with Crippen molar-refractivity contribution in [2.45, 2.75) is 32.2 Å². The molecule has 96 valence electrons. The van der Waals surface area contributed by atoms with E-state index >= 15 is 0 Å². The molecule has 0 aromatic heterocycles. The zero-order chi connectivity index (χ0) is 13.0. The Balaban J connectivity index is 1.80. The molecule has 1 saturated carbocycles. The van der Waals surface area contributed by atoms with Crippen LogP contribution < -0.4 is 11.1 Å². The highest BCUT2D eigenvalue weighted by molar-refractivity contribution is 5.91. The van der Waals surface area contributed by atoms with E-state index in [9.17, 15) is 4.79 Å². The fourth-order valence-electron chi connectivity index (χ4n) is 1.98. The van der Waals surface area contributed by atoms with Crippen molar-refractivity contribution in [2.75, 3.05) is 5.73 Å². The number of hydrogen-bond acceptors (Lipinski definition) is 2. The molecule has 2 rings (SSSR count). The van der Waals surface area contributed by atoms with Crippen molar-refractivity contribution in [3.05, 3.63) is 35.9 Å². The Morgan fingerprint density at radius 3 is 2.72 bits per heavy atom. The summed E-state index contributed by atoms with van der Waals surface area (Å²) in [4.78, 5) is 11.7. The van der Waals surface area contributed by atoms with Crippen LogP contribution in [0.1, 0.15) is 31.7 Å². The molecule has 3 heteroatoms. The van der Waals surface area contributed by atoms with E-state index in [1.165, 1.54) is 12.8 Å². The fourth-order valence-corrected chi connectivity index (χ4v) is 1.98. The topological polar surface area (TPSA) is 55.1 Å². The number of rotatable bonds is 5. The number of hydrogen-bond donors (Lipinski definition) is 2. The summed E-state index contributed by atoms with van der Waals surface area (Å²) in [6.45, 7) is 2.06. The van der Waals surface area contributed by atoms with Crippen molar-refractivity contribution in [1.29, 1.82) is 0 Å². The van der Waals surface area contributed by atoms with Gasteiger partial charge in [-0.05, 0) is 43.0 Å². The zero-order valence-corrected chi connectivity index (χ0v) is 10.7. The van der Waals surface area contributed by atoms with Gasteiger partial charge in [0, 0.05) is 17.8 Å². The summed E-state index contributed by atoms with van der Waals surface area (Å²) in [5.74, 6) is 0.807. The van der Waals surface area contributed by atoms with Gasteiger partial charge in [0.15, 0.2) is 0 Å². The lowest BCUT2D eigenvalue weighted by molar-refractivity contribution is -0.117. The first-order valence-electron chi connectivity index (χ1n) is 6.47. The van der Waals surface area contributed by atoms with E-state index < -0.39 is 0 Å². The highest BCUT2D eigenvalue weighted by atomic mass is 16.1. The maximum absolute atomic E-state index is 11.7. The third-order valence-electron chi connectivity index (χ3n) is 3.14. The predicted octanol–water partition coefficient (Wildman–Crippen LogP) is 2.59. The third-order valence-corrected chi connectivity index (χ3v) is 3.14. The van der Waals surface area contributed by atoms with Gasteiger partial charge >= 0.3 is 0 Å². The summed E-state index contributed by atoms with van der Waals surface area (Å²) < 4.78 is 0. The van der Waals surface area contributed by atoms with Gasteiger partial charge in [-0.3, -0.25) is 4.79 Å². The molecule has 3 N–H and O–H groups in total. The zero-order valence-electron chi connectivity index (χ0n) is 10.7. The minimum atomic E-state index is -0.0278. The summed E-state index contributed by atoms with van der Waals surface area (Å²) in [6.07, 6.45) is 7.12. The van der Waals surface area contributed by atoms with E-state index in [1.807, 2.05) is 24.3 Å². The molecule has 0 bridgehead atoms. The first kappa shape index (κ1) is 12.7. The highest BCUT2D eigenvalue weighted by Gasteiger charge is 2.23. The maximum Gasteiger partial charge on any atom is 0.244 e. The molecule has 1 aliphatic rings. The van der Waals surface area contributed by atoms with Crippen LogP contribution in [0.5, 0.6) is 0 Å². The number of carbonyl (C=O) groups is 1. The second-order valence-electron chi connectivity index (χ2n) is 5.09. The third kappa shape index (κ3) is 4.24. The van der Waals surface area contributed by atoms with Crippen molar-refractivity contribution in [3.63, 3.8) is 0 Å². The van der Waals surface area contributed by atoms with E-state index in [-0.39, 0.29) is 11.9 Å². The van der Waals surface area contributed by atoms with Crippen molar-refractivity contribution in [2.24, 2.45) is 5.92 Å². The van der Waals surface area contributed by atoms with Crippen LogP contribution in [0.2, 0.25) is 0 Å². The van der Waals surface area contributed by atoms with Crippen molar-refractivity contribution in [1.82, 2.24) is 5.32 Å².